The van der Waals surface area contributed by atoms with Crippen molar-refractivity contribution in [2.75, 3.05) is 11.9 Å². The van der Waals surface area contributed by atoms with E-state index in [0.29, 0.717) is 25.9 Å². The van der Waals surface area contributed by atoms with E-state index in [4.69, 9.17) is 0 Å². The van der Waals surface area contributed by atoms with Gasteiger partial charge in [0.2, 0.25) is 11.8 Å². The molecule has 6 heteroatoms. The van der Waals surface area contributed by atoms with Gasteiger partial charge in [-0.15, -0.1) is 0 Å². The van der Waals surface area contributed by atoms with Crippen molar-refractivity contribution in [1.82, 2.24) is 14.7 Å². The number of likely N-dealkylation sites (tertiary alicyclic amines) is 1. The zero-order valence-electron chi connectivity index (χ0n) is 16.9. The maximum atomic E-state index is 13.1. The average Bonchev–Trinajstić information content (AvgIpc) is 3.29. The molecular formula is C22H28N4O2. The van der Waals surface area contributed by atoms with Gasteiger partial charge in [-0.1, -0.05) is 31.5 Å². The van der Waals surface area contributed by atoms with Gasteiger partial charge >= 0.3 is 0 Å². The van der Waals surface area contributed by atoms with Gasteiger partial charge in [0.1, 0.15) is 0 Å². The van der Waals surface area contributed by atoms with Crippen LogP contribution >= 0.6 is 0 Å². The Labute approximate surface area is 165 Å². The first-order valence-corrected chi connectivity index (χ1v) is 10.2. The summed E-state index contributed by atoms with van der Waals surface area (Å²) in [5, 5.41) is 7.51. The molecule has 1 N–H and O–H groups in total. The molecule has 1 aromatic carbocycles. The fourth-order valence-electron chi connectivity index (χ4n) is 5.02. The minimum atomic E-state index is -0.611. The van der Waals surface area contributed by atoms with E-state index in [9.17, 15) is 9.59 Å². The first-order chi connectivity index (χ1) is 13.5. The minimum absolute atomic E-state index is 0.0426. The third kappa shape index (κ3) is 2.82. The average molecular weight is 380 g/mol. The molecule has 2 aromatic rings. The van der Waals surface area contributed by atoms with Crippen molar-refractivity contribution in [2.45, 2.75) is 64.5 Å². The first kappa shape index (κ1) is 18.7. The predicted octanol–water partition coefficient (Wildman–Crippen LogP) is 3.18. The molecule has 1 fully saturated rings. The number of para-hydroxylation sites is 1. The Kier molecular flexibility index (Phi) is 4.73. The molecule has 0 aliphatic carbocycles. The summed E-state index contributed by atoms with van der Waals surface area (Å²) in [5.41, 5.74) is 3.36. The third-order valence-corrected chi connectivity index (χ3v) is 6.28. The Morgan fingerprint density at radius 3 is 2.82 bits per heavy atom. The normalized spacial score (nSPS) is 23.3. The van der Waals surface area contributed by atoms with Gasteiger partial charge in [-0.05, 0) is 44.4 Å². The van der Waals surface area contributed by atoms with Gasteiger partial charge < -0.3 is 10.2 Å². The van der Waals surface area contributed by atoms with E-state index in [1.807, 2.05) is 53.8 Å². The van der Waals surface area contributed by atoms with Crippen LogP contribution in [-0.2, 0) is 21.5 Å². The van der Waals surface area contributed by atoms with Crippen LogP contribution in [0.3, 0.4) is 0 Å². The molecular weight excluding hydrogens is 352 g/mol. The molecule has 1 saturated heterocycles. The SMILES string of the molecule is CCC[C@@H]1N(C(=O)CCn2nc(C)cc2C)CC[C@@]12C(=O)Nc1ccccc12. The summed E-state index contributed by atoms with van der Waals surface area (Å²) in [5.74, 6) is 0.154. The van der Waals surface area contributed by atoms with Gasteiger partial charge in [-0.2, -0.15) is 5.10 Å². The number of amides is 2. The molecule has 0 bridgehead atoms. The second kappa shape index (κ2) is 7.08. The van der Waals surface area contributed by atoms with E-state index in [2.05, 4.69) is 17.3 Å². The lowest BCUT2D eigenvalue weighted by Crippen LogP contribution is -2.48. The van der Waals surface area contributed by atoms with Crippen LogP contribution < -0.4 is 5.32 Å². The molecule has 0 radical (unpaired) electrons. The Balaban J connectivity index is 1.58. The molecule has 2 atom stereocenters. The summed E-state index contributed by atoms with van der Waals surface area (Å²) in [7, 11) is 0. The van der Waals surface area contributed by atoms with Gasteiger partial charge in [0.15, 0.2) is 0 Å². The largest absolute Gasteiger partial charge is 0.338 e. The quantitative estimate of drug-likeness (QED) is 0.866. The van der Waals surface area contributed by atoms with Crippen LogP contribution in [0.4, 0.5) is 5.69 Å². The van der Waals surface area contributed by atoms with Gasteiger partial charge in [-0.3, -0.25) is 14.3 Å². The number of aryl methyl sites for hydroxylation is 3. The third-order valence-electron chi connectivity index (χ3n) is 6.28. The summed E-state index contributed by atoms with van der Waals surface area (Å²) in [6.07, 6.45) is 2.85. The standard InChI is InChI=1S/C22H28N4O2/c1-4-7-19-22(17-8-5-6-9-18(17)23-21(22)28)11-13-25(19)20(27)10-12-26-16(3)14-15(2)24-26/h5-6,8-9,14,19H,4,7,10-13H2,1-3H3,(H,23,28)/t19-,22-/m0/s1. The number of fused-ring (bicyclic) bond motifs is 2. The summed E-state index contributed by atoms with van der Waals surface area (Å²) in [6, 6.07) is 9.86. The first-order valence-electron chi connectivity index (χ1n) is 10.2. The number of aromatic nitrogens is 2. The highest BCUT2D eigenvalue weighted by Crippen LogP contribution is 2.49. The van der Waals surface area contributed by atoms with Crippen LogP contribution in [0.5, 0.6) is 0 Å². The highest BCUT2D eigenvalue weighted by molar-refractivity contribution is 6.07. The molecule has 1 spiro atoms. The van der Waals surface area contributed by atoms with Gasteiger partial charge in [0.25, 0.3) is 0 Å². The number of rotatable bonds is 5. The topological polar surface area (TPSA) is 67.2 Å². The van der Waals surface area contributed by atoms with E-state index in [1.54, 1.807) is 0 Å². The van der Waals surface area contributed by atoms with Gasteiger partial charge in [0, 0.05) is 30.9 Å². The van der Waals surface area contributed by atoms with Crippen molar-refractivity contribution in [1.29, 1.82) is 0 Å². The number of nitrogens with one attached hydrogen (secondary N) is 1. The summed E-state index contributed by atoms with van der Waals surface area (Å²) < 4.78 is 1.89. The lowest BCUT2D eigenvalue weighted by molar-refractivity contribution is -0.133. The molecule has 0 saturated carbocycles. The van der Waals surface area contributed by atoms with E-state index >= 15 is 0 Å². The zero-order valence-corrected chi connectivity index (χ0v) is 16.9. The fraction of sp³-hybridized carbons (Fsp3) is 0.500. The smallest absolute Gasteiger partial charge is 0.237 e. The summed E-state index contributed by atoms with van der Waals surface area (Å²) in [4.78, 5) is 28.2. The lowest BCUT2D eigenvalue weighted by atomic mass is 9.73. The second-order valence-corrected chi connectivity index (χ2v) is 8.01. The van der Waals surface area contributed by atoms with Crippen LogP contribution in [0.25, 0.3) is 0 Å². The highest BCUT2D eigenvalue weighted by atomic mass is 16.2. The number of anilines is 1. The Morgan fingerprint density at radius 1 is 1.32 bits per heavy atom. The fourth-order valence-corrected chi connectivity index (χ4v) is 5.02. The monoisotopic (exact) mass is 380 g/mol. The van der Waals surface area contributed by atoms with Crippen molar-refractivity contribution in [3.8, 4) is 0 Å². The highest BCUT2D eigenvalue weighted by Gasteiger charge is 2.58. The predicted molar refractivity (Wildman–Crippen MR) is 108 cm³/mol. The Hall–Kier alpha value is -2.63. The second-order valence-electron chi connectivity index (χ2n) is 8.01. The van der Waals surface area contributed by atoms with Crippen molar-refractivity contribution in [3.05, 3.63) is 47.3 Å². The molecule has 3 heterocycles. The number of nitrogens with zero attached hydrogens (tertiary/aromatic N) is 3. The maximum absolute atomic E-state index is 13.1. The van der Waals surface area contributed by atoms with Crippen LogP contribution in [0.15, 0.2) is 30.3 Å². The molecule has 28 heavy (non-hydrogen) atoms. The minimum Gasteiger partial charge on any atom is -0.338 e. The zero-order chi connectivity index (χ0) is 19.9. The van der Waals surface area contributed by atoms with E-state index in [1.165, 1.54) is 0 Å². The number of carbonyl (C=O) groups is 2. The molecule has 2 aliphatic rings. The molecule has 148 valence electrons. The van der Waals surface area contributed by atoms with Gasteiger partial charge in [0.05, 0.1) is 17.2 Å². The molecule has 1 aromatic heterocycles. The van der Waals surface area contributed by atoms with E-state index in [-0.39, 0.29) is 17.9 Å². The van der Waals surface area contributed by atoms with Gasteiger partial charge in [-0.25, -0.2) is 0 Å². The number of carbonyl (C=O) groups excluding carboxylic acids is 2. The summed E-state index contributed by atoms with van der Waals surface area (Å²) in [6.45, 7) is 7.29. The van der Waals surface area contributed by atoms with Crippen molar-refractivity contribution in [3.63, 3.8) is 0 Å². The van der Waals surface area contributed by atoms with E-state index < -0.39 is 5.41 Å². The van der Waals surface area contributed by atoms with Crippen molar-refractivity contribution in [2.24, 2.45) is 0 Å². The lowest BCUT2D eigenvalue weighted by Gasteiger charge is -2.34. The summed E-state index contributed by atoms with van der Waals surface area (Å²) >= 11 is 0. The Bertz CT molecular complexity index is 919. The molecule has 4 rings (SSSR count). The molecule has 6 nitrogen and oxygen atoms in total. The van der Waals surface area contributed by atoms with Crippen molar-refractivity contribution >= 4 is 17.5 Å². The van der Waals surface area contributed by atoms with Crippen molar-refractivity contribution < 1.29 is 9.59 Å². The molecule has 2 aliphatic heterocycles. The maximum Gasteiger partial charge on any atom is 0.237 e. The number of benzene rings is 1. The molecule has 0 unspecified atom stereocenters. The van der Waals surface area contributed by atoms with Crippen LogP contribution in [0.2, 0.25) is 0 Å². The number of hydrogen-bond donors (Lipinski definition) is 1. The Morgan fingerprint density at radius 2 is 2.11 bits per heavy atom. The van der Waals surface area contributed by atoms with E-state index in [0.717, 1.165) is 35.5 Å². The van der Waals surface area contributed by atoms with Crippen LogP contribution in [-0.4, -0.2) is 39.1 Å². The van der Waals surface area contributed by atoms with Crippen LogP contribution in [0, 0.1) is 13.8 Å². The molecule has 2 amide bonds. The number of hydrogen-bond acceptors (Lipinski definition) is 3. The van der Waals surface area contributed by atoms with Crippen LogP contribution in [0.1, 0.15) is 49.6 Å².